The van der Waals surface area contributed by atoms with Crippen LogP contribution in [0.4, 0.5) is 0 Å². The van der Waals surface area contributed by atoms with Crippen molar-refractivity contribution in [3.05, 3.63) is 28.2 Å². The molecule has 0 saturated heterocycles. The smallest absolute Gasteiger partial charge is 0.235 e. The van der Waals surface area contributed by atoms with Crippen molar-refractivity contribution in [2.45, 2.75) is 19.9 Å². The molecule has 82 valence electrons. The fraction of sp³-hybridized carbons (Fsp3) is 0.333. The number of carbonyl (C=O) groups excluding carboxylic acids is 1. The highest BCUT2D eigenvalue weighted by molar-refractivity contribution is 5.75. The Labute approximate surface area is 86.3 Å². The zero-order valence-corrected chi connectivity index (χ0v) is 8.36. The molecule has 4 N–H and O–H groups in total. The van der Waals surface area contributed by atoms with Crippen LogP contribution in [0, 0.1) is 6.92 Å². The Kier molecular flexibility index (Phi) is 3.46. The van der Waals surface area contributed by atoms with Crippen LogP contribution in [0.3, 0.4) is 0 Å². The van der Waals surface area contributed by atoms with Gasteiger partial charge >= 0.3 is 0 Å². The largest absolute Gasteiger partial charge is 0.503 e. The number of amides is 1. The Morgan fingerprint density at radius 3 is 2.93 bits per heavy atom. The molecule has 1 heterocycles. The topological polar surface area (TPSA) is 97.3 Å². The Hall–Kier alpha value is -1.82. The number of aromatic nitrogens is 1. The van der Waals surface area contributed by atoms with Gasteiger partial charge in [-0.15, -0.1) is 0 Å². The van der Waals surface area contributed by atoms with Crippen molar-refractivity contribution < 1.29 is 9.90 Å². The first-order valence-corrected chi connectivity index (χ1v) is 4.44. The van der Waals surface area contributed by atoms with Gasteiger partial charge in [0, 0.05) is 25.2 Å². The minimum Gasteiger partial charge on any atom is -0.503 e. The second-order valence-corrected chi connectivity index (χ2v) is 3.12. The van der Waals surface area contributed by atoms with E-state index in [2.05, 4.69) is 0 Å². The lowest BCUT2D eigenvalue weighted by Crippen LogP contribution is -2.30. The molecule has 6 nitrogen and oxygen atoms in total. The van der Waals surface area contributed by atoms with E-state index in [-0.39, 0.29) is 18.1 Å². The molecule has 6 heteroatoms. The van der Waals surface area contributed by atoms with Crippen molar-refractivity contribution in [1.82, 2.24) is 9.99 Å². The first kappa shape index (κ1) is 11.3. The molecular formula is C9H13N3O3. The molecule has 1 amide bonds. The monoisotopic (exact) mass is 211 g/mol. The van der Waals surface area contributed by atoms with Gasteiger partial charge < -0.3 is 9.67 Å². The van der Waals surface area contributed by atoms with Gasteiger partial charge in [-0.3, -0.25) is 15.0 Å². The maximum atomic E-state index is 11.0. The van der Waals surface area contributed by atoms with E-state index in [0.29, 0.717) is 12.2 Å². The summed E-state index contributed by atoms with van der Waals surface area (Å²) in [6, 6.07) is 1.25. The zero-order chi connectivity index (χ0) is 11.4. The number of aryl methyl sites for hydroxylation is 1. The molecule has 0 aromatic carbocycles. The van der Waals surface area contributed by atoms with Gasteiger partial charge in [0.25, 0.3) is 0 Å². The van der Waals surface area contributed by atoms with E-state index in [1.165, 1.54) is 12.3 Å². The molecule has 0 fully saturated rings. The number of nitrogens with two attached hydrogens (primary N) is 1. The van der Waals surface area contributed by atoms with Gasteiger partial charge in [-0.1, -0.05) is 0 Å². The van der Waals surface area contributed by atoms with Crippen LogP contribution in [-0.2, 0) is 11.3 Å². The number of pyridine rings is 1. The van der Waals surface area contributed by atoms with Crippen LogP contribution < -0.4 is 16.7 Å². The first-order chi connectivity index (χ1) is 7.06. The minimum atomic E-state index is -0.424. The molecule has 1 aromatic rings. The van der Waals surface area contributed by atoms with Gasteiger partial charge in [0.2, 0.25) is 11.3 Å². The highest BCUT2D eigenvalue weighted by Gasteiger charge is 2.06. The van der Waals surface area contributed by atoms with Crippen molar-refractivity contribution in [2.75, 3.05) is 0 Å². The number of hydrazine groups is 1. The number of aromatic hydroxyl groups is 1. The lowest BCUT2D eigenvalue weighted by Gasteiger charge is -2.10. The molecule has 0 atom stereocenters. The molecule has 1 rings (SSSR count). The molecule has 0 bridgehead atoms. The number of hydrogen-bond donors (Lipinski definition) is 3. The number of nitrogens with zero attached hydrogens (tertiary/aromatic N) is 1. The first-order valence-electron chi connectivity index (χ1n) is 4.44. The summed E-state index contributed by atoms with van der Waals surface area (Å²) in [4.78, 5) is 21.9. The second-order valence-electron chi connectivity index (χ2n) is 3.12. The predicted octanol–water partition coefficient (Wildman–Crippen LogP) is -0.758. The highest BCUT2D eigenvalue weighted by atomic mass is 16.3. The van der Waals surface area contributed by atoms with Crippen molar-refractivity contribution in [3.8, 4) is 5.75 Å². The van der Waals surface area contributed by atoms with E-state index >= 15 is 0 Å². The zero-order valence-electron chi connectivity index (χ0n) is 8.36. The lowest BCUT2D eigenvalue weighted by atomic mass is 10.3. The molecule has 0 aliphatic heterocycles. The third kappa shape index (κ3) is 2.57. The number of rotatable bonds is 3. The minimum absolute atomic E-state index is 0.194. The molecule has 0 radical (unpaired) electrons. The Morgan fingerprint density at radius 2 is 2.33 bits per heavy atom. The molecule has 0 spiro atoms. The molecule has 0 saturated carbocycles. The summed E-state index contributed by atoms with van der Waals surface area (Å²) in [6.07, 6.45) is 1.72. The number of carbonyl (C=O) groups is 1. The van der Waals surface area contributed by atoms with Crippen LogP contribution in [0.1, 0.15) is 12.1 Å². The Bertz CT molecular complexity index is 425. The van der Waals surface area contributed by atoms with Crippen molar-refractivity contribution >= 4 is 5.91 Å². The van der Waals surface area contributed by atoms with E-state index in [4.69, 9.17) is 5.84 Å². The van der Waals surface area contributed by atoms with Crippen molar-refractivity contribution in [1.29, 1.82) is 0 Å². The van der Waals surface area contributed by atoms with Gasteiger partial charge in [0.15, 0.2) is 5.75 Å². The van der Waals surface area contributed by atoms with Gasteiger partial charge in [-0.05, 0) is 6.92 Å². The standard InChI is InChI=1S/C9H13N3O3/c1-6-9(15)7(13)2-4-12(6)5-3-8(14)11-10/h2,4,15H,3,5,10H2,1H3,(H,11,14). The normalized spacial score (nSPS) is 10.0. The molecule has 0 unspecified atom stereocenters. The average molecular weight is 211 g/mol. The fourth-order valence-electron chi connectivity index (χ4n) is 1.20. The van der Waals surface area contributed by atoms with Gasteiger partial charge in [0.05, 0.1) is 5.69 Å². The van der Waals surface area contributed by atoms with Gasteiger partial charge in [-0.2, -0.15) is 0 Å². The van der Waals surface area contributed by atoms with Crippen molar-refractivity contribution in [2.24, 2.45) is 5.84 Å². The maximum absolute atomic E-state index is 11.0. The molecule has 1 aromatic heterocycles. The van der Waals surface area contributed by atoms with E-state index in [0.717, 1.165) is 0 Å². The van der Waals surface area contributed by atoms with E-state index in [1.807, 2.05) is 5.43 Å². The van der Waals surface area contributed by atoms with Crippen LogP contribution in [0.2, 0.25) is 0 Å². The van der Waals surface area contributed by atoms with E-state index in [9.17, 15) is 14.7 Å². The molecular weight excluding hydrogens is 198 g/mol. The SMILES string of the molecule is Cc1c(O)c(=O)ccn1CCC(=O)NN. The highest BCUT2D eigenvalue weighted by Crippen LogP contribution is 2.09. The van der Waals surface area contributed by atoms with Crippen LogP contribution in [-0.4, -0.2) is 15.6 Å². The third-order valence-corrected chi connectivity index (χ3v) is 2.15. The van der Waals surface area contributed by atoms with Crippen LogP contribution >= 0.6 is 0 Å². The van der Waals surface area contributed by atoms with Crippen LogP contribution in [0.5, 0.6) is 5.75 Å². The quantitative estimate of drug-likeness (QED) is 0.348. The Morgan fingerprint density at radius 1 is 1.67 bits per heavy atom. The average Bonchev–Trinajstić information content (AvgIpc) is 2.24. The van der Waals surface area contributed by atoms with Crippen molar-refractivity contribution in [3.63, 3.8) is 0 Å². The summed E-state index contributed by atoms with van der Waals surface area (Å²) in [6.45, 7) is 1.97. The van der Waals surface area contributed by atoms with Gasteiger partial charge in [-0.25, -0.2) is 5.84 Å². The predicted molar refractivity (Wildman–Crippen MR) is 54.1 cm³/mol. The lowest BCUT2D eigenvalue weighted by molar-refractivity contribution is -0.121. The number of nitrogens with one attached hydrogen (secondary N) is 1. The van der Waals surface area contributed by atoms with Crippen LogP contribution in [0.15, 0.2) is 17.1 Å². The summed E-state index contributed by atoms with van der Waals surface area (Å²) >= 11 is 0. The Balaban J connectivity index is 2.83. The summed E-state index contributed by atoms with van der Waals surface area (Å²) < 4.78 is 1.62. The number of hydrogen-bond acceptors (Lipinski definition) is 4. The van der Waals surface area contributed by atoms with Crippen LogP contribution in [0.25, 0.3) is 0 Å². The summed E-state index contributed by atoms with van der Waals surface area (Å²) in [5, 5.41) is 9.35. The fourth-order valence-corrected chi connectivity index (χ4v) is 1.20. The molecule has 0 aliphatic rings. The third-order valence-electron chi connectivity index (χ3n) is 2.15. The van der Waals surface area contributed by atoms with E-state index in [1.54, 1.807) is 11.5 Å². The molecule has 15 heavy (non-hydrogen) atoms. The second kappa shape index (κ2) is 4.61. The van der Waals surface area contributed by atoms with Gasteiger partial charge in [0.1, 0.15) is 0 Å². The molecule has 0 aliphatic carbocycles. The maximum Gasteiger partial charge on any atom is 0.235 e. The van der Waals surface area contributed by atoms with E-state index < -0.39 is 5.43 Å². The summed E-state index contributed by atoms with van der Waals surface area (Å²) in [7, 11) is 0. The summed E-state index contributed by atoms with van der Waals surface area (Å²) in [5.74, 6) is 4.34. The summed E-state index contributed by atoms with van der Waals surface area (Å²) in [5.41, 5.74) is 2.02.